The number of ether oxygens (including phenoxy) is 3. The molecule has 0 heterocycles. The predicted octanol–water partition coefficient (Wildman–Crippen LogP) is 2.52. The van der Waals surface area contributed by atoms with Crippen molar-refractivity contribution in [1.82, 2.24) is 0 Å². The molecule has 0 amide bonds. The van der Waals surface area contributed by atoms with Crippen molar-refractivity contribution in [2.24, 2.45) is 0 Å². The zero-order valence-corrected chi connectivity index (χ0v) is 10.0. The van der Waals surface area contributed by atoms with Gasteiger partial charge in [0.15, 0.2) is 11.5 Å². The van der Waals surface area contributed by atoms with Gasteiger partial charge < -0.3 is 14.2 Å². The van der Waals surface area contributed by atoms with Gasteiger partial charge in [0.2, 0.25) is 0 Å². The lowest BCUT2D eigenvalue weighted by Crippen LogP contribution is -1.98. The maximum atomic E-state index is 8.79. The lowest BCUT2D eigenvalue weighted by Gasteiger charge is -2.14. The Morgan fingerprint density at radius 3 is 2.00 bits per heavy atom. The van der Waals surface area contributed by atoms with Crippen molar-refractivity contribution in [3.05, 3.63) is 17.7 Å². The molecule has 0 aliphatic rings. The van der Waals surface area contributed by atoms with Gasteiger partial charge in [-0.15, -0.1) is 11.6 Å². The number of rotatable bonds is 4. The van der Waals surface area contributed by atoms with Gasteiger partial charge in [-0.25, -0.2) is 0 Å². The molecule has 1 atom stereocenters. The zero-order chi connectivity index (χ0) is 12.1. The van der Waals surface area contributed by atoms with Crippen LogP contribution in [0.2, 0.25) is 0 Å². The fraction of sp³-hybridized carbons (Fsp3) is 0.364. The maximum Gasteiger partial charge on any atom is 0.164 e. The highest BCUT2D eigenvalue weighted by atomic mass is 35.5. The summed E-state index contributed by atoms with van der Waals surface area (Å²) in [6.45, 7) is 0. The number of hydrogen-bond donors (Lipinski definition) is 0. The zero-order valence-electron chi connectivity index (χ0n) is 9.28. The van der Waals surface area contributed by atoms with Gasteiger partial charge in [-0.3, -0.25) is 0 Å². The minimum absolute atomic E-state index is 0.499. The van der Waals surface area contributed by atoms with Gasteiger partial charge >= 0.3 is 0 Å². The average molecular weight is 242 g/mol. The lowest BCUT2D eigenvalue weighted by atomic mass is 10.1. The van der Waals surface area contributed by atoms with Crippen LogP contribution < -0.4 is 14.2 Å². The summed E-state index contributed by atoms with van der Waals surface area (Å²) in [7, 11) is 4.55. The van der Waals surface area contributed by atoms with Gasteiger partial charge in [0.1, 0.15) is 11.1 Å². The Kier molecular flexibility index (Phi) is 4.27. The molecule has 1 rings (SSSR count). The molecule has 0 aromatic heterocycles. The summed E-state index contributed by atoms with van der Waals surface area (Å²) in [6, 6.07) is 5.21. The van der Waals surface area contributed by atoms with Crippen LogP contribution in [0.3, 0.4) is 0 Å². The van der Waals surface area contributed by atoms with Crippen LogP contribution in [0, 0.1) is 11.3 Å². The highest BCUT2D eigenvalue weighted by molar-refractivity contribution is 6.22. The van der Waals surface area contributed by atoms with Crippen molar-refractivity contribution in [1.29, 1.82) is 5.26 Å². The summed E-state index contributed by atoms with van der Waals surface area (Å²) in [5.74, 6) is 1.54. The van der Waals surface area contributed by atoms with Crippen molar-refractivity contribution in [3.8, 4) is 23.3 Å². The van der Waals surface area contributed by atoms with Crippen molar-refractivity contribution in [2.45, 2.75) is 5.38 Å². The van der Waals surface area contributed by atoms with E-state index in [-0.39, 0.29) is 0 Å². The Morgan fingerprint density at radius 1 is 1.06 bits per heavy atom. The number of benzene rings is 1. The van der Waals surface area contributed by atoms with Gasteiger partial charge in [0.25, 0.3) is 0 Å². The Balaban J connectivity index is 3.32. The second-order valence-corrected chi connectivity index (χ2v) is 3.38. The number of halogens is 1. The van der Waals surface area contributed by atoms with Crippen molar-refractivity contribution >= 4 is 11.6 Å². The van der Waals surface area contributed by atoms with Gasteiger partial charge in [0.05, 0.1) is 27.4 Å². The molecule has 1 unspecified atom stereocenters. The third kappa shape index (κ3) is 2.31. The van der Waals surface area contributed by atoms with Gasteiger partial charge in [0, 0.05) is 11.6 Å². The van der Waals surface area contributed by atoms with Crippen LogP contribution in [0.25, 0.3) is 0 Å². The molecule has 86 valence electrons. The standard InChI is InChI=1S/C11H12ClNO3/c1-14-9-5-11(16-3)10(15-2)4-7(9)8(12)6-13/h4-5,8H,1-3H3. The highest BCUT2D eigenvalue weighted by Gasteiger charge is 2.17. The first-order valence-electron chi connectivity index (χ1n) is 4.51. The van der Waals surface area contributed by atoms with Crippen LogP contribution in [0.1, 0.15) is 10.9 Å². The monoisotopic (exact) mass is 241 g/mol. The number of alkyl halides is 1. The largest absolute Gasteiger partial charge is 0.496 e. The van der Waals surface area contributed by atoms with Crippen molar-refractivity contribution < 1.29 is 14.2 Å². The van der Waals surface area contributed by atoms with Crippen LogP contribution in [0.5, 0.6) is 17.2 Å². The van der Waals surface area contributed by atoms with Crippen LogP contribution >= 0.6 is 11.6 Å². The van der Waals surface area contributed by atoms with E-state index in [1.165, 1.54) is 21.3 Å². The quantitative estimate of drug-likeness (QED) is 0.760. The van der Waals surface area contributed by atoms with E-state index in [0.29, 0.717) is 22.8 Å². The van der Waals surface area contributed by atoms with Gasteiger partial charge in [-0.05, 0) is 6.07 Å². The molecule has 4 nitrogen and oxygen atoms in total. The number of nitriles is 1. The van der Waals surface area contributed by atoms with Crippen LogP contribution in [0.15, 0.2) is 12.1 Å². The molecule has 0 fully saturated rings. The third-order valence-corrected chi connectivity index (χ3v) is 2.45. The lowest BCUT2D eigenvalue weighted by molar-refractivity contribution is 0.347. The molecule has 0 radical (unpaired) electrons. The van der Waals surface area contributed by atoms with E-state index in [4.69, 9.17) is 31.1 Å². The fourth-order valence-corrected chi connectivity index (χ4v) is 1.49. The molecule has 5 heteroatoms. The average Bonchev–Trinajstić information content (AvgIpc) is 2.35. The molecule has 0 aliphatic heterocycles. The minimum Gasteiger partial charge on any atom is -0.496 e. The van der Waals surface area contributed by atoms with E-state index < -0.39 is 5.38 Å². The summed E-state index contributed by atoms with van der Waals surface area (Å²) in [4.78, 5) is 0. The summed E-state index contributed by atoms with van der Waals surface area (Å²) in [5, 5.41) is 8.01. The maximum absolute atomic E-state index is 8.79. The summed E-state index contributed by atoms with van der Waals surface area (Å²) in [5.41, 5.74) is 0.560. The minimum atomic E-state index is -0.783. The van der Waals surface area contributed by atoms with E-state index in [9.17, 15) is 0 Å². The second-order valence-electron chi connectivity index (χ2n) is 2.94. The Hall–Kier alpha value is -1.60. The van der Waals surface area contributed by atoms with E-state index >= 15 is 0 Å². The first-order valence-corrected chi connectivity index (χ1v) is 4.95. The molecule has 0 spiro atoms. The number of nitrogens with zero attached hydrogens (tertiary/aromatic N) is 1. The summed E-state index contributed by atoms with van der Waals surface area (Å²) >= 11 is 5.86. The van der Waals surface area contributed by atoms with Crippen LogP contribution in [0.4, 0.5) is 0 Å². The first kappa shape index (κ1) is 12.5. The van der Waals surface area contributed by atoms with E-state index in [0.717, 1.165) is 0 Å². The smallest absolute Gasteiger partial charge is 0.164 e. The molecule has 16 heavy (non-hydrogen) atoms. The summed E-state index contributed by atoms with van der Waals surface area (Å²) < 4.78 is 15.4. The predicted molar refractivity (Wildman–Crippen MR) is 60.3 cm³/mol. The topological polar surface area (TPSA) is 51.5 Å². The highest BCUT2D eigenvalue weighted by Crippen LogP contribution is 2.38. The first-order chi connectivity index (χ1) is 7.67. The van der Waals surface area contributed by atoms with E-state index in [1.54, 1.807) is 12.1 Å². The Labute approximate surface area is 99.3 Å². The molecular formula is C11H12ClNO3. The van der Waals surface area contributed by atoms with Crippen LogP contribution in [-0.4, -0.2) is 21.3 Å². The van der Waals surface area contributed by atoms with Gasteiger partial charge in [-0.1, -0.05) is 0 Å². The summed E-state index contributed by atoms with van der Waals surface area (Å²) in [6.07, 6.45) is 0. The van der Waals surface area contributed by atoms with Crippen LogP contribution in [-0.2, 0) is 0 Å². The molecule has 0 aliphatic carbocycles. The molecule has 0 saturated heterocycles. The van der Waals surface area contributed by atoms with E-state index in [2.05, 4.69) is 0 Å². The molecular weight excluding hydrogens is 230 g/mol. The fourth-order valence-electron chi connectivity index (χ4n) is 1.32. The molecule has 1 aromatic rings. The van der Waals surface area contributed by atoms with E-state index in [1.807, 2.05) is 6.07 Å². The van der Waals surface area contributed by atoms with Crippen molar-refractivity contribution in [2.75, 3.05) is 21.3 Å². The van der Waals surface area contributed by atoms with Crippen molar-refractivity contribution in [3.63, 3.8) is 0 Å². The molecule has 0 bridgehead atoms. The SMILES string of the molecule is COc1cc(OC)c(C(Cl)C#N)cc1OC. The molecule has 0 N–H and O–H groups in total. The Bertz CT molecular complexity index is 414. The number of methoxy groups -OCH3 is 3. The Morgan fingerprint density at radius 2 is 1.56 bits per heavy atom. The number of hydrogen-bond acceptors (Lipinski definition) is 4. The molecule has 1 aromatic carbocycles. The second kappa shape index (κ2) is 5.47. The third-order valence-electron chi connectivity index (χ3n) is 2.12. The van der Waals surface area contributed by atoms with Gasteiger partial charge in [-0.2, -0.15) is 5.26 Å². The molecule has 0 saturated carbocycles. The normalized spacial score (nSPS) is 11.4.